The van der Waals surface area contributed by atoms with Gasteiger partial charge in [-0.15, -0.1) is 0 Å². The number of cyclic esters (lactones) is 1. The molecule has 0 aromatic heterocycles. The Hall–Kier alpha value is -4.33. The fourth-order valence-electron chi connectivity index (χ4n) is 3.56. The molecule has 2 N–H and O–H groups in total. The van der Waals surface area contributed by atoms with Gasteiger partial charge in [0.1, 0.15) is 23.6 Å². The first kappa shape index (κ1) is 20.9. The number of rotatable bonds is 6. The lowest BCUT2D eigenvalue weighted by molar-refractivity contribution is -0.138. The van der Waals surface area contributed by atoms with E-state index in [2.05, 4.69) is 5.32 Å². The van der Waals surface area contributed by atoms with Crippen molar-refractivity contribution < 1.29 is 33.4 Å². The average Bonchev–Trinajstić information content (AvgIpc) is 3.10. The number of carbonyl (C=O) groups is 4. The normalized spacial score (nSPS) is 15.4. The van der Waals surface area contributed by atoms with E-state index in [0.29, 0.717) is 0 Å². The molecule has 4 rings (SSSR count). The van der Waals surface area contributed by atoms with E-state index < -0.39 is 46.8 Å². The molecule has 0 spiro atoms. The first-order chi connectivity index (χ1) is 15.4. The van der Waals surface area contributed by atoms with Crippen LogP contribution in [0.25, 0.3) is 0 Å². The van der Waals surface area contributed by atoms with Crippen LogP contribution in [-0.4, -0.2) is 28.5 Å². The molecule has 0 unspecified atom stereocenters. The third kappa shape index (κ3) is 3.85. The molecule has 0 saturated carbocycles. The number of phenols is 1. The van der Waals surface area contributed by atoms with Gasteiger partial charge in [-0.1, -0.05) is 36.4 Å². The number of amides is 1. The van der Waals surface area contributed by atoms with Gasteiger partial charge in [0.05, 0.1) is 11.1 Å². The average molecular weight is 433 g/mol. The number of hydrogen-bond acceptors (Lipinski definition) is 6. The Morgan fingerprint density at radius 2 is 1.69 bits per heavy atom. The molecule has 32 heavy (non-hydrogen) atoms. The predicted molar refractivity (Wildman–Crippen MR) is 111 cm³/mol. The number of fused-ring (bicyclic) bond motifs is 1. The molecule has 1 aliphatic heterocycles. The van der Waals surface area contributed by atoms with E-state index in [1.807, 2.05) is 0 Å². The van der Waals surface area contributed by atoms with Crippen LogP contribution in [0.2, 0.25) is 0 Å². The van der Waals surface area contributed by atoms with E-state index in [0.717, 1.165) is 6.07 Å². The number of carbonyl (C=O) groups excluding carboxylic acids is 4. The van der Waals surface area contributed by atoms with Crippen LogP contribution in [0.4, 0.5) is 10.1 Å². The second-order valence-electron chi connectivity index (χ2n) is 7.10. The highest BCUT2D eigenvalue weighted by atomic mass is 19.1. The van der Waals surface area contributed by atoms with Gasteiger partial charge < -0.3 is 15.2 Å². The Kier molecular flexibility index (Phi) is 5.51. The van der Waals surface area contributed by atoms with E-state index in [1.54, 1.807) is 12.1 Å². The van der Waals surface area contributed by atoms with Gasteiger partial charge in [0.2, 0.25) is 5.78 Å². The maximum Gasteiger partial charge on any atom is 0.339 e. The SMILES string of the molecule is O=C(Nc1cccc(O)c1)C(=O)[C@@H](C(=O)c1ccccc1F)[C@H]1OC(=O)c2ccccc21. The second-order valence-corrected chi connectivity index (χ2v) is 7.10. The van der Waals surface area contributed by atoms with E-state index in [1.165, 1.54) is 54.6 Å². The Morgan fingerprint density at radius 1 is 0.969 bits per heavy atom. The molecular weight excluding hydrogens is 417 g/mol. The molecule has 0 radical (unpaired) electrons. The van der Waals surface area contributed by atoms with Crippen molar-refractivity contribution in [3.05, 3.63) is 95.3 Å². The number of Topliss-reactive ketones (excluding diaryl/α,β-unsaturated/α-hetero) is 2. The van der Waals surface area contributed by atoms with E-state index in [4.69, 9.17) is 4.74 Å². The van der Waals surface area contributed by atoms with Crippen LogP contribution >= 0.6 is 0 Å². The number of ether oxygens (including phenoxy) is 1. The van der Waals surface area contributed by atoms with Crippen LogP contribution in [-0.2, 0) is 14.3 Å². The maximum atomic E-state index is 14.3. The summed E-state index contributed by atoms with van der Waals surface area (Å²) in [5.74, 6) is -6.96. The number of nitrogens with one attached hydrogen (secondary N) is 1. The Morgan fingerprint density at radius 3 is 2.44 bits per heavy atom. The molecule has 0 aliphatic carbocycles. The number of phenolic OH excluding ortho intramolecular Hbond substituents is 1. The van der Waals surface area contributed by atoms with Crippen LogP contribution in [0.1, 0.15) is 32.4 Å². The van der Waals surface area contributed by atoms with Crippen molar-refractivity contribution in [1.82, 2.24) is 0 Å². The van der Waals surface area contributed by atoms with Gasteiger partial charge in [0, 0.05) is 17.3 Å². The summed E-state index contributed by atoms with van der Waals surface area (Å²) in [5.41, 5.74) is 0.122. The first-order valence-electron chi connectivity index (χ1n) is 9.59. The second kappa shape index (κ2) is 8.43. The van der Waals surface area contributed by atoms with Crippen LogP contribution < -0.4 is 5.32 Å². The summed E-state index contributed by atoms with van der Waals surface area (Å²) in [6.07, 6.45) is -1.40. The van der Waals surface area contributed by atoms with Crippen molar-refractivity contribution >= 4 is 29.1 Å². The summed E-state index contributed by atoms with van der Waals surface area (Å²) in [7, 11) is 0. The summed E-state index contributed by atoms with van der Waals surface area (Å²) >= 11 is 0. The van der Waals surface area contributed by atoms with Crippen molar-refractivity contribution in [1.29, 1.82) is 0 Å². The lowest BCUT2D eigenvalue weighted by atomic mass is 9.84. The summed E-state index contributed by atoms with van der Waals surface area (Å²) in [6, 6.07) is 16.7. The third-order valence-corrected chi connectivity index (χ3v) is 5.06. The third-order valence-electron chi connectivity index (χ3n) is 5.06. The number of halogens is 1. The quantitative estimate of drug-likeness (QED) is 0.267. The zero-order chi connectivity index (χ0) is 22.8. The molecule has 3 aromatic carbocycles. The minimum atomic E-state index is -1.81. The van der Waals surface area contributed by atoms with Gasteiger partial charge in [0.25, 0.3) is 5.91 Å². The van der Waals surface area contributed by atoms with Crippen molar-refractivity contribution in [3.63, 3.8) is 0 Å². The molecule has 1 aliphatic rings. The number of anilines is 1. The highest BCUT2D eigenvalue weighted by Gasteiger charge is 2.46. The van der Waals surface area contributed by atoms with E-state index in [-0.39, 0.29) is 22.6 Å². The van der Waals surface area contributed by atoms with Crippen LogP contribution in [0, 0.1) is 11.7 Å². The summed E-state index contributed by atoms with van der Waals surface area (Å²) in [5, 5.41) is 11.9. The fourth-order valence-corrected chi connectivity index (χ4v) is 3.56. The van der Waals surface area contributed by atoms with Crippen LogP contribution in [0.15, 0.2) is 72.8 Å². The molecule has 0 saturated heterocycles. The zero-order valence-corrected chi connectivity index (χ0v) is 16.4. The van der Waals surface area contributed by atoms with Gasteiger partial charge in [-0.2, -0.15) is 0 Å². The fraction of sp³-hybridized carbons (Fsp3) is 0.0833. The molecular formula is C24H16FNO6. The topological polar surface area (TPSA) is 110 Å². The van der Waals surface area contributed by atoms with Crippen LogP contribution in [0.3, 0.4) is 0 Å². The molecule has 7 nitrogen and oxygen atoms in total. The number of ketones is 2. The monoisotopic (exact) mass is 433 g/mol. The molecule has 160 valence electrons. The largest absolute Gasteiger partial charge is 0.508 e. The van der Waals surface area contributed by atoms with Gasteiger partial charge >= 0.3 is 5.97 Å². The minimum absolute atomic E-state index is 0.115. The van der Waals surface area contributed by atoms with E-state index in [9.17, 15) is 28.7 Å². The predicted octanol–water partition coefficient (Wildman–Crippen LogP) is 3.45. The lowest BCUT2D eigenvalue weighted by Crippen LogP contribution is -2.38. The zero-order valence-electron chi connectivity index (χ0n) is 16.4. The number of esters is 1. The van der Waals surface area contributed by atoms with Crippen molar-refractivity contribution in [2.75, 3.05) is 5.32 Å². The van der Waals surface area contributed by atoms with Crippen LogP contribution in [0.5, 0.6) is 5.75 Å². The number of hydrogen-bond donors (Lipinski definition) is 2. The highest BCUT2D eigenvalue weighted by molar-refractivity contribution is 6.45. The van der Waals surface area contributed by atoms with Crippen molar-refractivity contribution in [2.24, 2.45) is 5.92 Å². The molecule has 3 aromatic rings. The Balaban J connectivity index is 1.73. The van der Waals surface area contributed by atoms with Gasteiger partial charge in [0.15, 0.2) is 5.78 Å². The number of benzene rings is 3. The molecule has 0 bridgehead atoms. The standard InChI is InChI=1S/C24H16FNO6/c25-18-11-4-3-10-17(18)20(28)19(22-15-8-1-2-9-16(15)24(31)32-22)21(29)23(30)26-13-6-5-7-14(27)12-13/h1-12,19,22,27H,(H,26,30)/t19-,22+/m1/s1. The molecule has 1 amide bonds. The smallest absolute Gasteiger partial charge is 0.339 e. The molecule has 0 fully saturated rings. The highest BCUT2D eigenvalue weighted by Crippen LogP contribution is 2.38. The lowest BCUT2D eigenvalue weighted by Gasteiger charge is -2.21. The molecule has 1 heterocycles. The molecule has 2 atom stereocenters. The van der Waals surface area contributed by atoms with Gasteiger partial charge in [-0.3, -0.25) is 14.4 Å². The Bertz CT molecular complexity index is 1250. The molecule has 8 heteroatoms. The van der Waals surface area contributed by atoms with Gasteiger partial charge in [-0.05, 0) is 30.3 Å². The minimum Gasteiger partial charge on any atom is -0.508 e. The first-order valence-corrected chi connectivity index (χ1v) is 9.59. The summed E-state index contributed by atoms with van der Waals surface area (Å²) < 4.78 is 19.6. The number of aromatic hydroxyl groups is 1. The summed E-state index contributed by atoms with van der Waals surface area (Å²) in [6.45, 7) is 0. The van der Waals surface area contributed by atoms with Crippen molar-refractivity contribution in [3.8, 4) is 5.75 Å². The van der Waals surface area contributed by atoms with Gasteiger partial charge in [-0.25, -0.2) is 9.18 Å². The maximum absolute atomic E-state index is 14.3. The van der Waals surface area contributed by atoms with Crippen molar-refractivity contribution in [2.45, 2.75) is 6.10 Å². The Labute approximate surface area is 181 Å². The van der Waals surface area contributed by atoms with E-state index >= 15 is 0 Å². The summed E-state index contributed by atoms with van der Waals surface area (Å²) in [4.78, 5) is 51.4.